The number of hydrogen-bond acceptors (Lipinski definition) is 2. The second-order valence-corrected chi connectivity index (χ2v) is 4.47. The number of nitrogens with one attached hydrogen (secondary N) is 1. The second kappa shape index (κ2) is 6.36. The minimum absolute atomic E-state index is 0.283. The lowest BCUT2D eigenvalue weighted by molar-refractivity contribution is -0.111. The predicted octanol–water partition coefficient (Wildman–Crippen LogP) is 4.04. The first-order chi connectivity index (χ1) is 9.16. The van der Waals surface area contributed by atoms with Crippen LogP contribution in [-0.4, -0.2) is 10.9 Å². The van der Waals surface area contributed by atoms with Crippen LogP contribution in [0.5, 0.6) is 0 Å². The van der Waals surface area contributed by atoms with Gasteiger partial charge in [0, 0.05) is 12.3 Å². The first-order valence-electron chi connectivity index (χ1n) is 5.51. The molecule has 3 nitrogen and oxygen atoms in total. The number of benzene rings is 1. The van der Waals surface area contributed by atoms with Crippen LogP contribution >= 0.6 is 23.2 Å². The summed E-state index contributed by atoms with van der Waals surface area (Å²) in [6.07, 6.45) is 4.59. The number of carbonyl (C=O) groups excluding carboxylic acids is 1. The van der Waals surface area contributed by atoms with Crippen LogP contribution in [0.2, 0.25) is 10.0 Å². The van der Waals surface area contributed by atoms with Crippen LogP contribution in [0.15, 0.2) is 48.7 Å². The Morgan fingerprint density at radius 2 is 2.00 bits per heavy atom. The maximum Gasteiger partial charge on any atom is 0.249 e. The number of carbonyl (C=O) groups is 1. The summed E-state index contributed by atoms with van der Waals surface area (Å²) in [6.45, 7) is 0. The van der Waals surface area contributed by atoms with E-state index in [-0.39, 0.29) is 5.91 Å². The monoisotopic (exact) mass is 292 g/mol. The average Bonchev–Trinajstić information content (AvgIpc) is 2.42. The van der Waals surface area contributed by atoms with E-state index in [9.17, 15) is 4.79 Å². The molecule has 1 aromatic heterocycles. The summed E-state index contributed by atoms with van der Waals surface area (Å²) in [4.78, 5) is 15.7. The number of hydrogen-bond donors (Lipinski definition) is 1. The van der Waals surface area contributed by atoms with Gasteiger partial charge in [-0.25, -0.2) is 4.98 Å². The van der Waals surface area contributed by atoms with E-state index in [0.717, 1.165) is 0 Å². The number of nitrogens with zero attached hydrogens (tertiary/aromatic N) is 1. The molecule has 0 spiro atoms. The smallest absolute Gasteiger partial charge is 0.249 e. The molecule has 0 aliphatic rings. The highest BCUT2D eigenvalue weighted by molar-refractivity contribution is 6.42. The fourth-order valence-electron chi connectivity index (χ4n) is 1.42. The number of aromatic nitrogens is 1. The van der Waals surface area contributed by atoms with Crippen LogP contribution in [0, 0.1) is 0 Å². The van der Waals surface area contributed by atoms with Gasteiger partial charge in [0.05, 0.1) is 10.0 Å². The Hall–Kier alpha value is -1.84. The van der Waals surface area contributed by atoms with Gasteiger partial charge in [-0.3, -0.25) is 4.79 Å². The van der Waals surface area contributed by atoms with Crippen molar-refractivity contribution in [3.05, 3.63) is 64.3 Å². The summed E-state index contributed by atoms with van der Waals surface area (Å²) in [5.41, 5.74) is 0.685. The molecule has 0 bridgehead atoms. The molecule has 0 saturated heterocycles. The van der Waals surface area contributed by atoms with E-state index in [0.29, 0.717) is 21.4 Å². The van der Waals surface area contributed by atoms with Crippen molar-refractivity contribution < 1.29 is 4.79 Å². The van der Waals surface area contributed by atoms with Gasteiger partial charge in [0.25, 0.3) is 0 Å². The van der Waals surface area contributed by atoms with Crippen molar-refractivity contribution in [2.45, 2.75) is 0 Å². The molecule has 0 unspecified atom stereocenters. The molecule has 2 aromatic rings. The molecule has 0 aliphatic heterocycles. The molecule has 0 atom stereocenters. The van der Waals surface area contributed by atoms with E-state index in [1.165, 1.54) is 6.08 Å². The lowest BCUT2D eigenvalue weighted by Gasteiger charge is -2.01. The number of halogens is 2. The van der Waals surface area contributed by atoms with Crippen molar-refractivity contribution in [3.8, 4) is 0 Å². The minimum atomic E-state index is -0.283. The molecule has 0 saturated carbocycles. The van der Waals surface area contributed by atoms with E-state index in [4.69, 9.17) is 23.2 Å². The minimum Gasteiger partial charge on any atom is -0.307 e. The third-order valence-electron chi connectivity index (χ3n) is 2.31. The van der Waals surface area contributed by atoms with E-state index in [1.54, 1.807) is 48.7 Å². The number of amides is 1. The van der Waals surface area contributed by atoms with Crippen LogP contribution < -0.4 is 5.32 Å². The zero-order valence-electron chi connectivity index (χ0n) is 9.81. The Morgan fingerprint density at radius 1 is 1.16 bits per heavy atom. The SMILES string of the molecule is O=C(C=Cc1cccc(Cl)c1Cl)Nc1ccccn1. The Bertz CT molecular complexity index is 612. The third kappa shape index (κ3) is 3.81. The summed E-state index contributed by atoms with van der Waals surface area (Å²) in [6, 6.07) is 10.5. The number of anilines is 1. The molecule has 1 aromatic carbocycles. The third-order valence-corrected chi connectivity index (χ3v) is 3.15. The molecule has 0 radical (unpaired) electrons. The van der Waals surface area contributed by atoms with Crippen LogP contribution in [0.4, 0.5) is 5.82 Å². The molecule has 1 amide bonds. The summed E-state index contributed by atoms with van der Waals surface area (Å²) < 4.78 is 0. The van der Waals surface area contributed by atoms with Gasteiger partial charge in [-0.2, -0.15) is 0 Å². The van der Waals surface area contributed by atoms with Crippen molar-refractivity contribution in [2.24, 2.45) is 0 Å². The second-order valence-electron chi connectivity index (χ2n) is 3.68. The van der Waals surface area contributed by atoms with Crippen molar-refractivity contribution in [3.63, 3.8) is 0 Å². The lowest BCUT2D eigenvalue weighted by atomic mass is 10.2. The summed E-state index contributed by atoms with van der Waals surface area (Å²) >= 11 is 11.9. The van der Waals surface area contributed by atoms with Gasteiger partial charge in [0.1, 0.15) is 5.82 Å². The summed E-state index contributed by atoms with van der Waals surface area (Å²) in [5.74, 6) is 0.212. The quantitative estimate of drug-likeness (QED) is 0.868. The van der Waals surface area contributed by atoms with Gasteiger partial charge in [-0.05, 0) is 29.8 Å². The van der Waals surface area contributed by atoms with Gasteiger partial charge >= 0.3 is 0 Å². The van der Waals surface area contributed by atoms with Crippen LogP contribution in [-0.2, 0) is 4.79 Å². The first-order valence-corrected chi connectivity index (χ1v) is 6.26. The van der Waals surface area contributed by atoms with Crippen LogP contribution in [0.1, 0.15) is 5.56 Å². The maximum atomic E-state index is 11.7. The average molecular weight is 293 g/mol. The van der Waals surface area contributed by atoms with Crippen LogP contribution in [0.25, 0.3) is 6.08 Å². The molecular weight excluding hydrogens is 283 g/mol. The fourth-order valence-corrected chi connectivity index (χ4v) is 1.79. The zero-order valence-corrected chi connectivity index (χ0v) is 11.3. The Kier molecular flexibility index (Phi) is 4.55. The molecule has 1 N–H and O–H groups in total. The summed E-state index contributed by atoms with van der Waals surface area (Å²) in [7, 11) is 0. The molecule has 1 heterocycles. The van der Waals surface area contributed by atoms with E-state index < -0.39 is 0 Å². The van der Waals surface area contributed by atoms with E-state index >= 15 is 0 Å². The largest absolute Gasteiger partial charge is 0.307 e. The molecule has 19 heavy (non-hydrogen) atoms. The molecule has 0 aliphatic carbocycles. The molecule has 2 rings (SSSR count). The summed E-state index contributed by atoms with van der Waals surface area (Å²) in [5, 5.41) is 3.51. The van der Waals surface area contributed by atoms with Gasteiger partial charge in [-0.15, -0.1) is 0 Å². The van der Waals surface area contributed by atoms with E-state index in [2.05, 4.69) is 10.3 Å². The van der Waals surface area contributed by atoms with Crippen LogP contribution in [0.3, 0.4) is 0 Å². The highest BCUT2D eigenvalue weighted by atomic mass is 35.5. The van der Waals surface area contributed by atoms with Gasteiger partial charge < -0.3 is 5.32 Å². The van der Waals surface area contributed by atoms with Crippen molar-refractivity contribution in [1.82, 2.24) is 4.98 Å². The number of pyridine rings is 1. The lowest BCUT2D eigenvalue weighted by Crippen LogP contribution is -2.08. The van der Waals surface area contributed by atoms with Crippen molar-refractivity contribution in [2.75, 3.05) is 5.32 Å². The zero-order chi connectivity index (χ0) is 13.7. The Morgan fingerprint density at radius 3 is 2.74 bits per heavy atom. The van der Waals surface area contributed by atoms with Gasteiger partial charge in [0.15, 0.2) is 0 Å². The van der Waals surface area contributed by atoms with Crippen molar-refractivity contribution >= 4 is 41.0 Å². The predicted molar refractivity (Wildman–Crippen MR) is 78.4 cm³/mol. The van der Waals surface area contributed by atoms with E-state index in [1.807, 2.05) is 0 Å². The number of rotatable bonds is 3. The Balaban J connectivity index is 2.06. The maximum absolute atomic E-state index is 11.7. The fraction of sp³-hybridized carbons (Fsp3) is 0. The van der Waals surface area contributed by atoms with Gasteiger partial charge in [-0.1, -0.05) is 41.4 Å². The highest BCUT2D eigenvalue weighted by Gasteiger charge is 2.02. The molecule has 96 valence electrons. The van der Waals surface area contributed by atoms with Gasteiger partial charge in [0.2, 0.25) is 5.91 Å². The first kappa shape index (κ1) is 13.6. The standard InChI is InChI=1S/C14H10Cl2N2O/c15-11-5-3-4-10(14(11)16)7-8-13(19)18-12-6-1-2-9-17-12/h1-9H,(H,17,18,19). The normalized spacial score (nSPS) is 10.6. The Labute approximate surface area is 120 Å². The van der Waals surface area contributed by atoms with Crippen molar-refractivity contribution in [1.29, 1.82) is 0 Å². The topological polar surface area (TPSA) is 42.0 Å². The molecular formula is C14H10Cl2N2O. The molecule has 5 heteroatoms. The highest BCUT2D eigenvalue weighted by Crippen LogP contribution is 2.26. The molecule has 0 fully saturated rings.